The summed E-state index contributed by atoms with van der Waals surface area (Å²) < 4.78 is 46.2. The van der Waals surface area contributed by atoms with Gasteiger partial charge in [-0.1, -0.05) is 32.1 Å². The third-order valence-corrected chi connectivity index (χ3v) is 7.42. The second-order valence-electron chi connectivity index (χ2n) is 9.61. The third kappa shape index (κ3) is 7.84. The predicted octanol–water partition coefficient (Wildman–Crippen LogP) is 2.76. The highest BCUT2D eigenvalue weighted by Gasteiger charge is 2.35. The van der Waals surface area contributed by atoms with Crippen LogP contribution in [-0.2, 0) is 25.5 Å². The molecular formula is C26H32F3N3O5S. The number of halogens is 3. The first kappa shape index (κ1) is 29.7. The number of carbonyl (C=O) groups excluding carboxylic acids is 2. The molecule has 2 amide bonds. The average Bonchev–Trinajstić information content (AvgIpc) is 3.35. The van der Waals surface area contributed by atoms with Gasteiger partial charge in [0.25, 0.3) is 5.91 Å². The van der Waals surface area contributed by atoms with Gasteiger partial charge in [0.2, 0.25) is 5.91 Å². The fourth-order valence-electron chi connectivity index (χ4n) is 4.20. The minimum atomic E-state index is -1.30. The zero-order valence-corrected chi connectivity index (χ0v) is 22.0. The van der Waals surface area contributed by atoms with Crippen molar-refractivity contribution < 1.29 is 37.4 Å². The summed E-state index contributed by atoms with van der Waals surface area (Å²) in [7, 11) is 0. The molecule has 1 aliphatic carbocycles. The Labute approximate surface area is 223 Å². The van der Waals surface area contributed by atoms with E-state index >= 15 is 0 Å². The normalized spacial score (nSPS) is 20.8. The molecule has 0 spiro atoms. The van der Waals surface area contributed by atoms with Crippen LogP contribution in [0.5, 0.6) is 0 Å². The van der Waals surface area contributed by atoms with Crippen molar-refractivity contribution in [1.29, 1.82) is 0 Å². The molecule has 38 heavy (non-hydrogen) atoms. The minimum Gasteiger partial charge on any atom is -0.479 e. The summed E-state index contributed by atoms with van der Waals surface area (Å²) in [6, 6.07) is 0.327. The molecule has 8 nitrogen and oxygen atoms in total. The molecule has 0 saturated carbocycles. The number of rotatable bonds is 11. The Bertz CT molecular complexity index is 1110. The Kier molecular flexibility index (Phi) is 10.4. The summed E-state index contributed by atoms with van der Waals surface area (Å²) in [5.74, 6) is -4.81. The van der Waals surface area contributed by atoms with Gasteiger partial charge in [-0.25, -0.2) is 18.0 Å². The Hall–Kier alpha value is -2.83. The van der Waals surface area contributed by atoms with E-state index < -0.39 is 40.9 Å². The topological polar surface area (TPSA) is 122 Å². The van der Waals surface area contributed by atoms with Crippen molar-refractivity contribution in [3.63, 3.8) is 0 Å². The average molecular weight is 556 g/mol. The second kappa shape index (κ2) is 13.3. The smallest absolute Gasteiger partial charge is 0.333 e. The van der Waals surface area contributed by atoms with Crippen LogP contribution in [-0.4, -0.2) is 70.3 Å². The van der Waals surface area contributed by atoms with E-state index in [1.807, 2.05) is 6.08 Å². The number of hydrogen-bond donors (Lipinski definition) is 3. The molecule has 0 aromatic heterocycles. The van der Waals surface area contributed by atoms with Gasteiger partial charge in [-0.2, -0.15) is 0 Å². The Balaban J connectivity index is 1.48. The van der Waals surface area contributed by atoms with E-state index in [1.54, 1.807) is 26.0 Å². The summed E-state index contributed by atoms with van der Waals surface area (Å²) >= 11 is 1.31. The molecule has 1 saturated heterocycles. The lowest BCUT2D eigenvalue weighted by atomic mass is 10.0. The fraction of sp³-hybridized carbons (Fsp3) is 0.500. The lowest BCUT2D eigenvalue weighted by Gasteiger charge is -2.25. The van der Waals surface area contributed by atoms with Gasteiger partial charge in [-0.05, 0) is 36.0 Å². The Morgan fingerprint density at radius 2 is 1.92 bits per heavy atom. The Morgan fingerprint density at radius 1 is 1.21 bits per heavy atom. The van der Waals surface area contributed by atoms with E-state index in [-0.39, 0.29) is 48.8 Å². The van der Waals surface area contributed by atoms with Gasteiger partial charge in [0.1, 0.15) is 5.82 Å². The first-order chi connectivity index (χ1) is 18.0. The number of nitrogens with zero attached hydrogens (tertiary/aromatic N) is 1. The number of carboxylic acid groups (broad SMARTS) is 1. The van der Waals surface area contributed by atoms with Crippen LogP contribution in [0.15, 0.2) is 35.9 Å². The van der Waals surface area contributed by atoms with Crippen LogP contribution in [0.3, 0.4) is 0 Å². The standard InChI is InChI=1S/C26H32F3N3O5S/c1-14(2)23(26(35)36)37-18-5-3-15(4-6-18)13-31-24(34)25-32(7-8-38-25)22(33)11-17(30)9-16-10-20(28)21(29)12-19(16)27/h3-5,10,12,14,17-18,23,25H,6-9,11,13,30H2,1-2H3,(H,31,34)(H,35,36)/t17-,18?,23+,25+/m1/s1. The van der Waals surface area contributed by atoms with E-state index in [2.05, 4.69) is 5.32 Å². The van der Waals surface area contributed by atoms with Crippen molar-refractivity contribution in [1.82, 2.24) is 10.2 Å². The van der Waals surface area contributed by atoms with Gasteiger partial charge in [0.05, 0.1) is 6.10 Å². The van der Waals surface area contributed by atoms with Crippen LogP contribution >= 0.6 is 11.8 Å². The molecule has 4 N–H and O–H groups in total. The number of nitrogens with one attached hydrogen (secondary N) is 1. The van der Waals surface area contributed by atoms with Crippen LogP contribution < -0.4 is 11.1 Å². The maximum atomic E-state index is 13.9. The lowest BCUT2D eigenvalue weighted by Crippen LogP contribution is -2.46. The van der Waals surface area contributed by atoms with E-state index in [0.29, 0.717) is 24.8 Å². The summed E-state index contributed by atoms with van der Waals surface area (Å²) in [5, 5.41) is 11.4. The van der Waals surface area contributed by atoms with Crippen molar-refractivity contribution in [3.05, 3.63) is 58.9 Å². The molecule has 1 aromatic rings. The van der Waals surface area contributed by atoms with Gasteiger partial charge in [0, 0.05) is 37.4 Å². The quantitative estimate of drug-likeness (QED) is 0.359. The number of benzene rings is 1. The van der Waals surface area contributed by atoms with Gasteiger partial charge in [0.15, 0.2) is 23.1 Å². The molecular weight excluding hydrogens is 523 g/mol. The molecule has 1 unspecified atom stereocenters. The molecule has 4 atom stereocenters. The summed E-state index contributed by atoms with van der Waals surface area (Å²) in [6.07, 6.45) is 4.23. The number of carboxylic acids is 1. The number of thioether (sulfide) groups is 1. The molecule has 1 heterocycles. The second-order valence-corrected chi connectivity index (χ2v) is 10.8. The lowest BCUT2D eigenvalue weighted by molar-refractivity contribution is -0.156. The van der Waals surface area contributed by atoms with Crippen molar-refractivity contribution in [3.8, 4) is 0 Å². The first-order valence-corrected chi connectivity index (χ1v) is 13.3. The largest absolute Gasteiger partial charge is 0.479 e. The van der Waals surface area contributed by atoms with Crippen LogP contribution in [0.1, 0.15) is 32.3 Å². The maximum absolute atomic E-state index is 13.9. The number of amides is 2. The van der Waals surface area contributed by atoms with Crippen molar-refractivity contribution >= 4 is 29.5 Å². The maximum Gasteiger partial charge on any atom is 0.333 e. The number of nitrogens with two attached hydrogens (primary N) is 1. The van der Waals surface area contributed by atoms with Gasteiger partial charge >= 0.3 is 5.97 Å². The molecule has 1 aromatic carbocycles. The zero-order chi connectivity index (χ0) is 28.0. The van der Waals surface area contributed by atoms with Crippen LogP contribution in [0.25, 0.3) is 0 Å². The van der Waals surface area contributed by atoms with E-state index in [1.165, 1.54) is 16.7 Å². The number of ether oxygens (including phenoxy) is 1. The number of aliphatic carboxylic acids is 1. The van der Waals surface area contributed by atoms with E-state index in [9.17, 15) is 32.7 Å². The zero-order valence-electron chi connectivity index (χ0n) is 21.2. The highest BCUT2D eigenvalue weighted by molar-refractivity contribution is 8.00. The summed E-state index contributed by atoms with van der Waals surface area (Å²) in [4.78, 5) is 38.4. The highest BCUT2D eigenvalue weighted by atomic mass is 32.2. The fourth-order valence-corrected chi connectivity index (χ4v) is 5.36. The first-order valence-electron chi connectivity index (χ1n) is 12.3. The van der Waals surface area contributed by atoms with Gasteiger partial charge in [-0.15, -0.1) is 11.8 Å². The third-order valence-electron chi connectivity index (χ3n) is 6.22. The molecule has 3 rings (SSSR count). The van der Waals surface area contributed by atoms with E-state index in [4.69, 9.17) is 10.5 Å². The number of hydrogen-bond acceptors (Lipinski definition) is 6. The molecule has 0 radical (unpaired) electrons. The van der Waals surface area contributed by atoms with Crippen LogP contribution in [0.2, 0.25) is 0 Å². The van der Waals surface area contributed by atoms with Crippen molar-refractivity contribution in [2.24, 2.45) is 11.7 Å². The molecule has 12 heteroatoms. The van der Waals surface area contributed by atoms with Crippen molar-refractivity contribution in [2.45, 2.75) is 56.7 Å². The molecule has 208 valence electrons. The number of carbonyl (C=O) groups is 3. The molecule has 1 fully saturated rings. The summed E-state index contributed by atoms with van der Waals surface area (Å²) in [6.45, 7) is 4.12. The minimum absolute atomic E-state index is 0.126. The van der Waals surface area contributed by atoms with Crippen LogP contribution in [0.4, 0.5) is 13.2 Å². The molecule has 2 aliphatic rings. The Morgan fingerprint density at radius 3 is 2.55 bits per heavy atom. The van der Waals surface area contributed by atoms with E-state index in [0.717, 1.165) is 11.6 Å². The monoisotopic (exact) mass is 555 g/mol. The van der Waals surface area contributed by atoms with Gasteiger partial charge in [-0.3, -0.25) is 9.59 Å². The van der Waals surface area contributed by atoms with Gasteiger partial charge < -0.3 is 25.8 Å². The van der Waals surface area contributed by atoms with Crippen LogP contribution in [0, 0.1) is 23.4 Å². The molecule has 1 aliphatic heterocycles. The predicted molar refractivity (Wildman–Crippen MR) is 137 cm³/mol. The summed E-state index contributed by atoms with van der Waals surface area (Å²) in [5.41, 5.74) is 6.69. The highest BCUT2D eigenvalue weighted by Crippen LogP contribution is 2.26. The SMILES string of the molecule is CC(C)[C@H](OC1C=CC(CNC(=O)[C@@H]2SCCN2C(=O)C[C@H](N)Cc2cc(F)c(F)cc2F)=CC1)C(=O)O. The van der Waals surface area contributed by atoms with Crippen molar-refractivity contribution in [2.75, 3.05) is 18.8 Å². The molecule has 0 bridgehead atoms.